The number of aliphatic hydroxyl groups is 1. The number of aliphatic hydroxyl groups excluding tert-OH is 1. The third-order valence-electron chi connectivity index (χ3n) is 5.63. The molecule has 1 aliphatic carbocycles. The summed E-state index contributed by atoms with van der Waals surface area (Å²) in [7, 11) is 2.68. The van der Waals surface area contributed by atoms with Crippen LogP contribution in [0.25, 0.3) is 0 Å². The van der Waals surface area contributed by atoms with E-state index in [1.54, 1.807) is 6.92 Å². The van der Waals surface area contributed by atoms with Gasteiger partial charge in [-0.25, -0.2) is 0 Å². The number of benzene rings is 1. The molecule has 2 rings (SSSR count). The van der Waals surface area contributed by atoms with Crippen molar-refractivity contribution in [1.29, 1.82) is 0 Å². The second kappa shape index (κ2) is 12.2. The van der Waals surface area contributed by atoms with Gasteiger partial charge in [-0.2, -0.15) is 0 Å². The van der Waals surface area contributed by atoms with E-state index < -0.39 is 0 Å². The Bertz CT molecular complexity index is 898. The number of aryl methyl sites for hydroxylation is 1. The Morgan fingerprint density at radius 2 is 1.62 bits per heavy atom. The van der Waals surface area contributed by atoms with Gasteiger partial charge in [-0.1, -0.05) is 44.0 Å². The quantitative estimate of drug-likeness (QED) is 0.482. The van der Waals surface area contributed by atoms with E-state index in [4.69, 9.17) is 9.47 Å². The molecular weight excluding hydrogens is 410 g/mol. The number of allylic oxidation sites excluding steroid dienone is 2. The molecule has 0 saturated carbocycles. The summed E-state index contributed by atoms with van der Waals surface area (Å²) in [6.07, 6.45) is 3.97. The highest BCUT2D eigenvalue weighted by molar-refractivity contribution is 6.23. The maximum atomic E-state index is 12.8. The fraction of sp³-hybridized carbons (Fsp3) is 0.480. The van der Waals surface area contributed by atoms with E-state index in [-0.39, 0.29) is 41.6 Å². The number of rotatable bonds is 12. The molecule has 174 valence electrons. The van der Waals surface area contributed by atoms with Crippen LogP contribution in [0.2, 0.25) is 0 Å². The summed E-state index contributed by atoms with van der Waals surface area (Å²) in [6, 6.07) is 7.43. The summed E-state index contributed by atoms with van der Waals surface area (Å²) >= 11 is 0. The van der Waals surface area contributed by atoms with Crippen LogP contribution in [-0.4, -0.2) is 49.4 Å². The lowest BCUT2D eigenvalue weighted by molar-refractivity contribution is -0.122. The number of carbonyl (C=O) groups is 3. The minimum absolute atomic E-state index is 0.0528. The lowest BCUT2D eigenvalue weighted by Gasteiger charge is -2.20. The molecule has 1 unspecified atom stereocenters. The Balaban J connectivity index is 1.98. The van der Waals surface area contributed by atoms with E-state index in [0.29, 0.717) is 30.4 Å². The van der Waals surface area contributed by atoms with Crippen LogP contribution in [0, 0.1) is 0 Å². The van der Waals surface area contributed by atoms with Gasteiger partial charge < -0.3 is 19.9 Å². The van der Waals surface area contributed by atoms with Crippen LogP contribution >= 0.6 is 0 Å². The van der Waals surface area contributed by atoms with E-state index in [9.17, 15) is 19.5 Å². The van der Waals surface area contributed by atoms with Crippen molar-refractivity contribution in [2.45, 2.75) is 58.4 Å². The predicted octanol–water partition coefficient (Wildman–Crippen LogP) is 2.80. The molecule has 1 amide bonds. The molecule has 1 aliphatic rings. The summed E-state index contributed by atoms with van der Waals surface area (Å²) in [5, 5.41) is 12.3. The predicted molar refractivity (Wildman–Crippen MR) is 121 cm³/mol. The molecule has 1 aromatic rings. The smallest absolute Gasteiger partial charge is 0.228 e. The zero-order valence-electron chi connectivity index (χ0n) is 19.3. The molecular formula is C25H33NO6. The maximum absolute atomic E-state index is 12.8. The molecule has 0 aromatic heterocycles. The van der Waals surface area contributed by atoms with E-state index in [1.807, 2.05) is 24.3 Å². The van der Waals surface area contributed by atoms with Crippen molar-refractivity contribution < 1.29 is 29.0 Å². The van der Waals surface area contributed by atoms with Crippen molar-refractivity contribution in [3.05, 3.63) is 58.1 Å². The first kappa shape index (κ1) is 25.3. The number of Topliss-reactive ketones (excluding diaryl/α,β-unsaturated/α-hetero) is 2. The number of hydrogen-bond acceptors (Lipinski definition) is 6. The molecule has 7 heteroatoms. The normalized spacial score (nSPS) is 15.2. The topological polar surface area (TPSA) is 102 Å². The molecule has 0 aliphatic heterocycles. The number of unbranched alkanes of at least 4 members (excludes halogenated alkanes) is 1. The number of ketones is 2. The summed E-state index contributed by atoms with van der Waals surface area (Å²) in [6.45, 7) is 3.64. The highest BCUT2D eigenvalue weighted by Gasteiger charge is 2.34. The van der Waals surface area contributed by atoms with Crippen molar-refractivity contribution in [3.63, 3.8) is 0 Å². The monoisotopic (exact) mass is 443 g/mol. The van der Waals surface area contributed by atoms with Crippen LogP contribution in [0.4, 0.5) is 0 Å². The van der Waals surface area contributed by atoms with Gasteiger partial charge in [0.05, 0.1) is 26.9 Å². The maximum Gasteiger partial charge on any atom is 0.228 e. The van der Waals surface area contributed by atoms with E-state index >= 15 is 0 Å². The molecule has 0 fully saturated rings. The molecule has 2 N–H and O–H groups in total. The molecule has 1 atom stereocenters. The summed E-state index contributed by atoms with van der Waals surface area (Å²) < 4.78 is 10.2. The van der Waals surface area contributed by atoms with Gasteiger partial charge in [0.15, 0.2) is 0 Å². The molecule has 0 heterocycles. The third kappa shape index (κ3) is 6.29. The van der Waals surface area contributed by atoms with Crippen LogP contribution in [0.1, 0.15) is 50.7 Å². The fourth-order valence-electron chi connectivity index (χ4n) is 3.65. The molecule has 7 nitrogen and oxygen atoms in total. The van der Waals surface area contributed by atoms with Gasteiger partial charge in [-0.15, -0.1) is 0 Å². The van der Waals surface area contributed by atoms with Crippen molar-refractivity contribution >= 4 is 17.5 Å². The molecule has 0 bridgehead atoms. The zero-order valence-corrected chi connectivity index (χ0v) is 19.3. The molecule has 32 heavy (non-hydrogen) atoms. The van der Waals surface area contributed by atoms with E-state index in [1.165, 1.54) is 14.2 Å². The summed E-state index contributed by atoms with van der Waals surface area (Å²) in [5.74, 6) is -0.902. The summed E-state index contributed by atoms with van der Waals surface area (Å²) in [5.41, 5.74) is 2.62. The second-order valence-electron chi connectivity index (χ2n) is 7.91. The minimum atomic E-state index is -0.346. The zero-order chi connectivity index (χ0) is 23.7. The van der Waals surface area contributed by atoms with Gasteiger partial charge in [0.2, 0.25) is 29.0 Å². The molecule has 0 saturated heterocycles. The Morgan fingerprint density at radius 1 is 1.03 bits per heavy atom. The van der Waals surface area contributed by atoms with Crippen LogP contribution in [0.3, 0.4) is 0 Å². The van der Waals surface area contributed by atoms with E-state index in [2.05, 4.69) is 12.2 Å². The average Bonchev–Trinajstić information content (AvgIpc) is 2.80. The molecule has 1 aromatic carbocycles. The first-order valence-electron chi connectivity index (χ1n) is 11.0. The third-order valence-corrected chi connectivity index (χ3v) is 5.63. The number of methoxy groups -OCH3 is 2. The largest absolute Gasteiger partial charge is 0.489 e. The van der Waals surface area contributed by atoms with Crippen molar-refractivity contribution in [1.82, 2.24) is 5.32 Å². The average molecular weight is 444 g/mol. The van der Waals surface area contributed by atoms with Crippen LogP contribution in [0.5, 0.6) is 0 Å². The van der Waals surface area contributed by atoms with Crippen LogP contribution < -0.4 is 5.32 Å². The van der Waals surface area contributed by atoms with Crippen LogP contribution in [0.15, 0.2) is 46.9 Å². The first-order valence-corrected chi connectivity index (χ1v) is 11.0. The van der Waals surface area contributed by atoms with Crippen molar-refractivity contribution in [2.75, 3.05) is 20.8 Å². The summed E-state index contributed by atoms with van der Waals surface area (Å²) in [4.78, 5) is 37.4. The van der Waals surface area contributed by atoms with Gasteiger partial charge in [0.25, 0.3) is 0 Å². The highest BCUT2D eigenvalue weighted by atomic mass is 16.5. The highest BCUT2D eigenvalue weighted by Crippen LogP contribution is 2.28. The number of carbonyl (C=O) groups excluding carboxylic acids is 3. The van der Waals surface area contributed by atoms with Gasteiger partial charge in [0, 0.05) is 24.0 Å². The second-order valence-corrected chi connectivity index (χ2v) is 7.91. The number of amides is 1. The lowest BCUT2D eigenvalue weighted by Crippen LogP contribution is -2.37. The van der Waals surface area contributed by atoms with Crippen molar-refractivity contribution in [3.8, 4) is 0 Å². The van der Waals surface area contributed by atoms with Crippen LogP contribution in [-0.2, 0) is 36.7 Å². The van der Waals surface area contributed by atoms with Gasteiger partial charge >= 0.3 is 0 Å². The minimum Gasteiger partial charge on any atom is -0.489 e. The Hall–Kier alpha value is -2.93. The van der Waals surface area contributed by atoms with Gasteiger partial charge in [-0.3, -0.25) is 14.4 Å². The lowest BCUT2D eigenvalue weighted by atomic mass is 9.88. The Kier molecular flexibility index (Phi) is 9.65. The SMILES string of the molecule is CCCCC(CO)NC(=O)CCc1ccc(CC2=C(C)C(=O)C(OC)=C(OC)C2=O)cc1. The number of nitrogens with one attached hydrogen (secondary N) is 1. The Morgan fingerprint density at radius 3 is 2.19 bits per heavy atom. The van der Waals surface area contributed by atoms with E-state index in [0.717, 1.165) is 30.4 Å². The van der Waals surface area contributed by atoms with Crippen molar-refractivity contribution in [2.24, 2.45) is 0 Å². The first-order chi connectivity index (χ1) is 15.4. The number of hydrogen-bond donors (Lipinski definition) is 2. The molecule has 0 spiro atoms. The number of ether oxygens (including phenoxy) is 2. The van der Waals surface area contributed by atoms with Gasteiger partial charge in [-0.05, 0) is 30.9 Å². The molecule has 0 radical (unpaired) electrons. The fourth-order valence-corrected chi connectivity index (χ4v) is 3.65. The Labute approximate surface area is 189 Å². The van der Waals surface area contributed by atoms with Gasteiger partial charge in [0.1, 0.15) is 0 Å². The standard InChI is InChI=1S/C25H33NO6/c1-5-6-7-19(15-27)26-21(28)13-12-17-8-10-18(11-9-17)14-20-16(2)22(29)24(31-3)25(32-4)23(20)30/h8-11,19,27H,5-7,12-15H2,1-4H3,(H,26,28).